The van der Waals surface area contributed by atoms with Crippen LogP contribution in [0.2, 0.25) is 0 Å². The molecule has 2 N–H and O–H groups in total. The summed E-state index contributed by atoms with van der Waals surface area (Å²) < 4.78 is 2.02. The first kappa shape index (κ1) is 13.4. The maximum Gasteiger partial charge on any atom is 0.205 e. The lowest BCUT2D eigenvalue weighted by molar-refractivity contribution is 1.07. The van der Waals surface area contributed by atoms with Crippen molar-refractivity contribution in [2.45, 2.75) is 20.3 Å². The van der Waals surface area contributed by atoms with Crippen molar-refractivity contribution in [3.05, 3.63) is 65.9 Å². The third kappa shape index (κ3) is 2.42. The fraction of sp³-hybridized carbons (Fsp3) is 0.167. The largest absolute Gasteiger partial charge is 0.369 e. The highest BCUT2D eigenvalue weighted by Crippen LogP contribution is 2.29. The minimum Gasteiger partial charge on any atom is -0.369 e. The predicted octanol–water partition coefficient (Wildman–Crippen LogP) is 3.99. The summed E-state index contributed by atoms with van der Waals surface area (Å²) in [6, 6.07) is 18.7. The van der Waals surface area contributed by atoms with Crippen LogP contribution in [0.1, 0.15) is 18.2 Å². The number of rotatable bonds is 3. The Morgan fingerprint density at radius 1 is 1.00 bits per heavy atom. The molecule has 0 aliphatic carbocycles. The molecule has 0 unspecified atom stereocenters. The van der Waals surface area contributed by atoms with E-state index < -0.39 is 0 Å². The molecule has 0 aliphatic rings. The maximum absolute atomic E-state index is 6.13. The number of aromatic nitrogens is 2. The molecular formula is C18H19N3. The van der Waals surface area contributed by atoms with Gasteiger partial charge >= 0.3 is 0 Å². The number of hydrogen-bond acceptors (Lipinski definition) is 2. The van der Waals surface area contributed by atoms with Gasteiger partial charge in [-0.25, -0.2) is 4.98 Å². The van der Waals surface area contributed by atoms with E-state index in [0.29, 0.717) is 5.95 Å². The van der Waals surface area contributed by atoms with Crippen LogP contribution in [-0.4, -0.2) is 9.55 Å². The number of nitrogens with two attached hydrogens (primary N) is 1. The minimum absolute atomic E-state index is 0.524. The van der Waals surface area contributed by atoms with E-state index in [0.717, 1.165) is 29.1 Å². The summed E-state index contributed by atoms with van der Waals surface area (Å²) in [5, 5.41) is 0. The van der Waals surface area contributed by atoms with E-state index >= 15 is 0 Å². The van der Waals surface area contributed by atoms with Crippen LogP contribution in [-0.2, 0) is 6.42 Å². The molecular weight excluding hydrogens is 258 g/mol. The summed E-state index contributed by atoms with van der Waals surface area (Å²) in [4.78, 5) is 4.45. The Labute approximate surface area is 125 Å². The van der Waals surface area contributed by atoms with Crippen molar-refractivity contribution >= 4 is 5.95 Å². The number of nitrogens with zero attached hydrogens (tertiary/aromatic N) is 2. The van der Waals surface area contributed by atoms with E-state index in [-0.39, 0.29) is 0 Å². The van der Waals surface area contributed by atoms with Crippen LogP contribution in [0, 0.1) is 6.92 Å². The summed E-state index contributed by atoms with van der Waals surface area (Å²) in [7, 11) is 0. The summed E-state index contributed by atoms with van der Waals surface area (Å²) in [5.41, 5.74) is 11.6. The third-order valence-corrected chi connectivity index (χ3v) is 3.73. The fourth-order valence-electron chi connectivity index (χ4n) is 2.63. The number of imidazole rings is 1. The van der Waals surface area contributed by atoms with Crippen LogP contribution in [0.5, 0.6) is 0 Å². The second-order valence-corrected chi connectivity index (χ2v) is 5.13. The molecule has 106 valence electrons. The molecule has 0 amide bonds. The van der Waals surface area contributed by atoms with Gasteiger partial charge in [-0.15, -0.1) is 0 Å². The van der Waals surface area contributed by atoms with Gasteiger partial charge in [0.2, 0.25) is 5.95 Å². The number of aryl methyl sites for hydroxylation is 2. The van der Waals surface area contributed by atoms with Gasteiger partial charge in [0.05, 0.1) is 11.4 Å². The van der Waals surface area contributed by atoms with E-state index in [1.165, 1.54) is 5.56 Å². The van der Waals surface area contributed by atoms with E-state index in [2.05, 4.69) is 48.3 Å². The first-order chi connectivity index (χ1) is 10.2. The monoisotopic (exact) mass is 277 g/mol. The summed E-state index contributed by atoms with van der Waals surface area (Å²) in [5.74, 6) is 0.524. The van der Waals surface area contributed by atoms with E-state index in [1.54, 1.807) is 0 Å². The fourth-order valence-corrected chi connectivity index (χ4v) is 2.63. The Bertz CT molecular complexity index is 740. The lowest BCUT2D eigenvalue weighted by Gasteiger charge is -2.11. The minimum atomic E-state index is 0.524. The van der Waals surface area contributed by atoms with Crippen LogP contribution in [0.3, 0.4) is 0 Å². The highest BCUT2D eigenvalue weighted by atomic mass is 15.2. The molecule has 0 fully saturated rings. The molecule has 0 saturated carbocycles. The van der Waals surface area contributed by atoms with Crippen LogP contribution in [0.25, 0.3) is 16.9 Å². The first-order valence-corrected chi connectivity index (χ1v) is 7.20. The molecule has 3 aromatic rings. The van der Waals surface area contributed by atoms with Gasteiger partial charge in [0.1, 0.15) is 0 Å². The zero-order chi connectivity index (χ0) is 14.8. The number of nitrogen functional groups attached to an aromatic ring is 1. The van der Waals surface area contributed by atoms with E-state index in [4.69, 9.17) is 5.73 Å². The van der Waals surface area contributed by atoms with Crippen LogP contribution < -0.4 is 5.73 Å². The second-order valence-electron chi connectivity index (χ2n) is 5.13. The van der Waals surface area contributed by atoms with Crippen molar-refractivity contribution in [3.8, 4) is 16.9 Å². The lowest BCUT2D eigenvalue weighted by Crippen LogP contribution is -2.02. The van der Waals surface area contributed by atoms with Gasteiger partial charge in [0.25, 0.3) is 0 Å². The highest BCUT2D eigenvalue weighted by molar-refractivity contribution is 5.68. The summed E-state index contributed by atoms with van der Waals surface area (Å²) >= 11 is 0. The van der Waals surface area contributed by atoms with Crippen molar-refractivity contribution in [2.24, 2.45) is 0 Å². The topological polar surface area (TPSA) is 43.8 Å². The van der Waals surface area contributed by atoms with Crippen LogP contribution in [0.4, 0.5) is 5.95 Å². The zero-order valence-corrected chi connectivity index (χ0v) is 12.4. The molecule has 0 aliphatic heterocycles. The second kappa shape index (κ2) is 5.44. The molecule has 0 bridgehead atoms. The van der Waals surface area contributed by atoms with E-state index in [9.17, 15) is 0 Å². The quantitative estimate of drug-likeness (QED) is 0.786. The van der Waals surface area contributed by atoms with Gasteiger partial charge in [0.15, 0.2) is 0 Å². The van der Waals surface area contributed by atoms with Gasteiger partial charge in [0, 0.05) is 11.3 Å². The average molecular weight is 277 g/mol. The normalized spacial score (nSPS) is 10.8. The SMILES string of the molecule is CCc1ccc(-n2c(N)nc(C)c2-c2ccccc2)cc1. The molecule has 0 atom stereocenters. The molecule has 21 heavy (non-hydrogen) atoms. The van der Waals surface area contributed by atoms with Gasteiger partial charge in [-0.05, 0) is 31.0 Å². The van der Waals surface area contributed by atoms with Gasteiger partial charge in [-0.3, -0.25) is 4.57 Å². The zero-order valence-electron chi connectivity index (χ0n) is 12.4. The number of benzene rings is 2. The third-order valence-electron chi connectivity index (χ3n) is 3.73. The number of hydrogen-bond donors (Lipinski definition) is 1. The first-order valence-electron chi connectivity index (χ1n) is 7.20. The van der Waals surface area contributed by atoms with E-state index in [1.807, 2.05) is 29.7 Å². The smallest absolute Gasteiger partial charge is 0.205 e. The molecule has 1 aromatic heterocycles. The van der Waals surface area contributed by atoms with Crippen molar-refractivity contribution in [3.63, 3.8) is 0 Å². The highest BCUT2D eigenvalue weighted by Gasteiger charge is 2.15. The Morgan fingerprint density at radius 2 is 1.67 bits per heavy atom. The van der Waals surface area contributed by atoms with Gasteiger partial charge in [-0.1, -0.05) is 49.4 Å². The Kier molecular flexibility index (Phi) is 3.48. The molecule has 1 heterocycles. The summed E-state index contributed by atoms with van der Waals surface area (Å²) in [6.07, 6.45) is 1.03. The average Bonchev–Trinajstić information content (AvgIpc) is 2.82. The predicted molar refractivity (Wildman–Crippen MR) is 87.5 cm³/mol. The van der Waals surface area contributed by atoms with Gasteiger partial charge in [-0.2, -0.15) is 0 Å². The molecule has 2 aromatic carbocycles. The van der Waals surface area contributed by atoms with Crippen LogP contribution in [0.15, 0.2) is 54.6 Å². The lowest BCUT2D eigenvalue weighted by atomic mass is 10.1. The molecule has 0 saturated heterocycles. The number of anilines is 1. The Hall–Kier alpha value is -2.55. The maximum atomic E-state index is 6.13. The molecule has 0 radical (unpaired) electrons. The Balaban J connectivity index is 2.18. The van der Waals surface area contributed by atoms with Crippen molar-refractivity contribution in [1.82, 2.24) is 9.55 Å². The van der Waals surface area contributed by atoms with Crippen molar-refractivity contribution in [1.29, 1.82) is 0 Å². The van der Waals surface area contributed by atoms with Crippen molar-refractivity contribution < 1.29 is 0 Å². The Morgan fingerprint density at radius 3 is 2.29 bits per heavy atom. The van der Waals surface area contributed by atoms with Crippen LogP contribution >= 0.6 is 0 Å². The summed E-state index contributed by atoms with van der Waals surface area (Å²) in [6.45, 7) is 4.15. The molecule has 3 heteroatoms. The van der Waals surface area contributed by atoms with Crippen molar-refractivity contribution in [2.75, 3.05) is 5.73 Å². The molecule has 3 nitrogen and oxygen atoms in total. The molecule has 3 rings (SSSR count). The van der Waals surface area contributed by atoms with Gasteiger partial charge < -0.3 is 5.73 Å². The molecule has 0 spiro atoms. The standard InChI is InChI=1S/C18H19N3/c1-3-14-9-11-16(12-10-14)21-17(13(2)20-18(21)19)15-7-5-4-6-8-15/h4-12H,3H2,1-2H3,(H2,19,20).